The number of amides is 1. The van der Waals surface area contributed by atoms with E-state index in [0.717, 1.165) is 12.3 Å². The zero-order valence-electron chi connectivity index (χ0n) is 19.4. The minimum atomic E-state index is -0.558. The minimum Gasteiger partial charge on any atom is -0.433 e. The number of nitrogens with zero attached hydrogens (tertiary/aromatic N) is 6. The molecular weight excluding hydrogens is 479 g/mol. The first-order chi connectivity index (χ1) is 17.9. The zero-order chi connectivity index (χ0) is 25.9. The fourth-order valence-corrected chi connectivity index (χ4v) is 3.51. The first-order valence-corrected chi connectivity index (χ1v) is 10.9. The van der Waals surface area contributed by atoms with Gasteiger partial charge in [0.2, 0.25) is 17.7 Å². The number of halogens is 1. The quantitative estimate of drug-likeness (QED) is 0.325. The van der Waals surface area contributed by atoms with E-state index in [4.69, 9.17) is 4.74 Å². The molecule has 0 aliphatic carbocycles. The SMILES string of the molecule is C=CC(=O)Nc1cccc(-n2c(=O)c(Oc3ccc(F)cn3)cc3cnc(Nc4cnn(C)c4)nc32)c1. The number of carbonyl (C=O) groups is 1. The number of pyridine rings is 2. The van der Waals surface area contributed by atoms with Gasteiger partial charge in [-0.25, -0.2) is 14.4 Å². The predicted octanol–water partition coefficient (Wildman–Crippen LogP) is 3.71. The van der Waals surface area contributed by atoms with E-state index in [1.54, 1.807) is 48.4 Å². The molecule has 0 aliphatic heterocycles. The van der Waals surface area contributed by atoms with Crippen LogP contribution in [0.3, 0.4) is 0 Å². The fraction of sp³-hybridized carbons (Fsp3) is 0.0400. The second kappa shape index (κ2) is 9.70. The number of aromatic nitrogens is 6. The van der Waals surface area contributed by atoms with Crippen LogP contribution in [-0.2, 0) is 11.8 Å². The molecular formula is C25H19FN8O3. The van der Waals surface area contributed by atoms with Crippen molar-refractivity contribution in [1.29, 1.82) is 0 Å². The molecule has 0 saturated carbocycles. The van der Waals surface area contributed by atoms with Gasteiger partial charge < -0.3 is 15.4 Å². The Morgan fingerprint density at radius 3 is 2.70 bits per heavy atom. The molecule has 1 aromatic carbocycles. The summed E-state index contributed by atoms with van der Waals surface area (Å²) >= 11 is 0. The lowest BCUT2D eigenvalue weighted by molar-refractivity contribution is -0.111. The van der Waals surface area contributed by atoms with Gasteiger partial charge in [-0.3, -0.25) is 18.8 Å². The normalized spacial score (nSPS) is 10.8. The van der Waals surface area contributed by atoms with Crippen LogP contribution in [0.15, 0.2) is 84.7 Å². The van der Waals surface area contributed by atoms with Crippen molar-refractivity contribution in [3.8, 4) is 17.3 Å². The highest BCUT2D eigenvalue weighted by Gasteiger charge is 2.17. The Kier molecular flexibility index (Phi) is 6.12. The number of nitrogens with one attached hydrogen (secondary N) is 2. The van der Waals surface area contributed by atoms with Crippen LogP contribution in [0.5, 0.6) is 11.6 Å². The Labute approximate surface area is 208 Å². The van der Waals surface area contributed by atoms with Crippen LogP contribution >= 0.6 is 0 Å². The van der Waals surface area contributed by atoms with Gasteiger partial charge in [-0.2, -0.15) is 10.1 Å². The number of aryl methyl sites for hydroxylation is 1. The number of fused-ring (bicyclic) bond motifs is 1. The molecule has 0 unspecified atom stereocenters. The average molecular weight is 498 g/mol. The Morgan fingerprint density at radius 2 is 1.97 bits per heavy atom. The first-order valence-electron chi connectivity index (χ1n) is 10.9. The average Bonchev–Trinajstić information content (AvgIpc) is 3.30. The smallest absolute Gasteiger partial charge is 0.299 e. The number of hydrogen-bond donors (Lipinski definition) is 2. The summed E-state index contributed by atoms with van der Waals surface area (Å²) in [6.07, 6.45) is 7.02. The van der Waals surface area contributed by atoms with Gasteiger partial charge in [-0.1, -0.05) is 12.6 Å². The van der Waals surface area contributed by atoms with E-state index in [1.807, 2.05) is 0 Å². The maximum Gasteiger partial charge on any atom is 0.299 e. The van der Waals surface area contributed by atoms with Gasteiger partial charge in [0.25, 0.3) is 5.56 Å². The van der Waals surface area contributed by atoms with E-state index in [1.165, 1.54) is 29.0 Å². The van der Waals surface area contributed by atoms with Crippen molar-refractivity contribution >= 4 is 34.3 Å². The molecule has 5 aromatic rings. The molecule has 12 heteroatoms. The van der Waals surface area contributed by atoms with E-state index in [0.29, 0.717) is 22.4 Å². The third-order valence-corrected chi connectivity index (χ3v) is 5.14. The highest BCUT2D eigenvalue weighted by molar-refractivity contribution is 5.99. The first kappa shape index (κ1) is 23.4. The second-order valence-electron chi connectivity index (χ2n) is 7.81. The maximum atomic E-state index is 13.7. The van der Waals surface area contributed by atoms with Crippen molar-refractivity contribution in [3.05, 3.63) is 96.1 Å². The molecule has 0 spiro atoms. The summed E-state index contributed by atoms with van der Waals surface area (Å²) in [7, 11) is 1.78. The van der Waals surface area contributed by atoms with Crippen LogP contribution in [0.2, 0.25) is 0 Å². The van der Waals surface area contributed by atoms with Gasteiger partial charge >= 0.3 is 0 Å². The molecule has 4 heterocycles. The van der Waals surface area contributed by atoms with Crippen molar-refractivity contribution in [2.45, 2.75) is 0 Å². The molecule has 0 aliphatic rings. The van der Waals surface area contributed by atoms with Gasteiger partial charge in [0.05, 0.1) is 23.8 Å². The Balaban J connectivity index is 1.66. The summed E-state index contributed by atoms with van der Waals surface area (Å²) in [4.78, 5) is 38.2. The van der Waals surface area contributed by atoms with E-state index < -0.39 is 17.3 Å². The molecule has 37 heavy (non-hydrogen) atoms. The van der Waals surface area contributed by atoms with Crippen molar-refractivity contribution in [2.24, 2.45) is 7.05 Å². The highest BCUT2D eigenvalue weighted by atomic mass is 19.1. The largest absolute Gasteiger partial charge is 0.433 e. The molecule has 0 bridgehead atoms. The van der Waals surface area contributed by atoms with Gasteiger partial charge in [0.1, 0.15) is 5.82 Å². The zero-order valence-corrected chi connectivity index (χ0v) is 19.4. The van der Waals surface area contributed by atoms with Crippen molar-refractivity contribution < 1.29 is 13.9 Å². The Bertz CT molecular complexity index is 1700. The molecule has 4 aromatic heterocycles. The van der Waals surface area contributed by atoms with E-state index in [-0.39, 0.29) is 23.2 Å². The summed E-state index contributed by atoms with van der Waals surface area (Å²) in [5.41, 5.74) is 1.22. The third kappa shape index (κ3) is 5.03. The number of hydrogen-bond acceptors (Lipinski definition) is 8. The molecule has 2 N–H and O–H groups in total. The number of anilines is 3. The van der Waals surface area contributed by atoms with Gasteiger partial charge in [-0.15, -0.1) is 0 Å². The number of carbonyl (C=O) groups excluding carboxylic acids is 1. The number of ether oxygens (including phenoxy) is 1. The molecule has 1 amide bonds. The molecule has 5 rings (SSSR count). The fourth-order valence-electron chi connectivity index (χ4n) is 3.51. The second-order valence-corrected chi connectivity index (χ2v) is 7.81. The summed E-state index contributed by atoms with van der Waals surface area (Å²) in [5.74, 6) is -0.752. The Hall–Kier alpha value is -5.39. The van der Waals surface area contributed by atoms with E-state index >= 15 is 0 Å². The molecule has 0 radical (unpaired) electrons. The maximum absolute atomic E-state index is 13.7. The van der Waals surface area contributed by atoms with Gasteiger partial charge in [-0.05, 0) is 36.4 Å². The van der Waals surface area contributed by atoms with Gasteiger partial charge in [0, 0.05) is 36.6 Å². The Morgan fingerprint density at radius 1 is 1.11 bits per heavy atom. The van der Waals surface area contributed by atoms with Crippen LogP contribution in [0.4, 0.5) is 21.7 Å². The number of rotatable bonds is 7. The van der Waals surface area contributed by atoms with Crippen molar-refractivity contribution in [3.63, 3.8) is 0 Å². The lowest BCUT2D eigenvalue weighted by Crippen LogP contribution is -2.21. The topological polar surface area (TPSA) is 129 Å². The molecule has 0 saturated heterocycles. The lowest BCUT2D eigenvalue weighted by atomic mass is 10.2. The van der Waals surface area contributed by atoms with Crippen molar-refractivity contribution in [2.75, 3.05) is 10.6 Å². The summed E-state index contributed by atoms with van der Waals surface area (Å²) in [6.45, 7) is 3.45. The summed E-state index contributed by atoms with van der Waals surface area (Å²) in [6, 6.07) is 10.6. The highest BCUT2D eigenvalue weighted by Crippen LogP contribution is 2.25. The molecule has 0 atom stereocenters. The minimum absolute atomic E-state index is 0.0344. The summed E-state index contributed by atoms with van der Waals surface area (Å²) < 4.78 is 21.9. The van der Waals surface area contributed by atoms with Crippen LogP contribution in [-0.4, -0.2) is 35.2 Å². The van der Waals surface area contributed by atoms with Gasteiger partial charge in [0.15, 0.2) is 11.4 Å². The van der Waals surface area contributed by atoms with Crippen LogP contribution in [0.25, 0.3) is 16.7 Å². The van der Waals surface area contributed by atoms with Crippen LogP contribution in [0, 0.1) is 5.82 Å². The molecule has 0 fully saturated rings. The van der Waals surface area contributed by atoms with Crippen LogP contribution < -0.4 is 20.9 Å². The van der Waals surface area contributed by atoms with Crippen LogP contribution in [0.1, 0.15) is 0 Å². The summed E-state index contributed by atoms with van der Waals surface area (Å²) in [5, 5.41) is 10.3. The molecule has 184 valence electrons. The predicted molar refractivity (Wildman–Crippen MR) is 135 cm³/mol. The lowest BCUT2D eigenvalue weighted by Gasteiger charge is -2.14. The van der Waals surface area contributed by atoms with E-state index in [9.17, 15) is 14.0 Å². The molecule has 11 nitrogen and oxygen atoms in total. The van der Waals surface area contributed by atoms with E-state index in [2.05, 4.69) is 37.3 Å². The van der Waals surface area contributed by atoms with Crippen molar-refractivity contribution in [1.82, 2.24) is 29.3 Å². The monoisotopic (exact) mass is 498 g/mol. The third-order valence-electron chi connectivity index (χ3n) is 5.14. The standard InChI is InChI=1S/C25H19FN8O3/c1-3-21(35)30-17-5-4-6-19(10-17)34-23-15(11-28-25(32-23)31-18-13-29-33(2)14-18)9-20(24(34)36)37-22-8-7-16(26)12-27-22/h3-14H,1H2,2H3,(H,30,35)(H,28,31,32). The number of benzene rings is 1.